The van der Waals surface area contributed by atoms with E-state index in [-0.39, 0.29) is 17.4 Å². The Morgan fingerprint density at radius 1 is 1.35 bits per heavy atom. The smallest absolute Gasteiger partial charge is 0.295 e. The number of nitro groups is 1. The van der Waals surface area contributed by atoms with Crippen LogP contribution in [0.3, 0.4) is 0 Å². The molecule has 0 spiro atoms. The molecule has 1 heterocycles. The molecule has 1 aromatic heterocycles. The maximum atomic E-state index is 13.9. The van der Waals surface area contributed by atoms with E-state index < -0.39 is 10.7 Å². The number of halogens is 1. The molecule has 0 saturated carbocycles. The number of hydrogen-bond acceptors (Lipinski definition) is 4. The highest BCUT2D eigenvalue weighted by atomic mass is 19.1. The Hall–Kier alpha value is -2.50. The third kappa shape index (κ3) is 2.09. The molecule has 2 aromatic rings. The average molecular weight is 273 g/mol. The lowest BCUT2D eigenvalue weighted by atomic mass is 10.2. The lowest BCUT2D eigenvalue weighted by Crippen LogP contribution is -2.11. The number of anilines is 1. The van der Waals surface area contributed by atoms with Gasteiger partial charge in [-0.3, -0.25) is 15.1 Å². The fourth-order valence-electron chi connectivity index (χ4n) is 2.54. The van der Waals surface area contributed by atoms with Crippen LogP contribution in [0, 0.1) is 15.9 Å². The van der Waals surface area contributed by atoms with Crippen molar-refractivity contribution >= 4 is 11.4 Å². The van der Waals surface area contributed by atoms with Gasteiger partial charge in [0.25, 0.3) is 5.69 Å². The number of aromatic nitrogens is 1. The maximum Gasteiger partial charge on any atom is 0.295 e. The number of aryl methyl sites for hydroxylation is 1. The third-order valence-corrected chi connectivity index (χ3v) is 3.47. The molecule has 0 bridgehead atoms. The van der Waals surface area contributed by atoms with Gasteiger partial charge in [0.05, 0.1) is 16.7 Å². The molecule has 6 heteroatoms. The quantitative estimate of drug-likeness (QED) is 0.688. The van der Waals surface area contributed by atoms with Gasteiger partial charge in [-0.15, -0.1) is 0 Å². The summed E-state index contributed by atoms with van der Waals surface area (Å²) in [6.45, 7) is 0. The summed E-state index contributed by atoms with van der Waals surface area (Å²) >= 11 is 0. The van der Waals surface area contributed by atoms with Gasteiger partial charge in [0, 0.05) is 12.3 Å². The Morgan fingerprint density at radius 2 is 2.20 bits per heavy atom. The minimum absolute atomic E-state index is 0.0685. The predicted molar refractivity (Wildman–Crippen MR) is 72.0 cm³/mol. The van der Waals surface area contributed by atoms with E-state index in [1.54, 1.807) is 6.20 Å². The van der Waals surface area contributed by atoms with Crippen molar-refractivity contribution in [3.05, 3.63) is 63.7 Å². The summed E-state index contributed by atoms with van der Waals surface area (Å²) in [5.41, 5.74) is 1.62. The molecule has 5 nitrogen and oxygen atoms in total. The molecule has 1 aliphatic rings. The van der Waals surface area contributed by atoms with Gasteiger partial charge >= 0.3 is 0 Å². The summed E-state index contributed by atoms with van der Waals surface area (Å²) in [5.74, 6) is -0.622. The lowest BCUT2D eigenvalue weighted by Gasteiger charge is -2.15. The van der Waals surface area contributed by atoms with Crippen LogP contribution in [0.15, 0.2) is 36.5 Å². The fourth-order valence-corrected chi connectivity index (χ4v) is 2.54. The Bertz CT molecular complexity index is 675. The summed E-state index contributed by atoms with van der Waals surface area (Å²) in [7, 11) is 0. The molecule has 0 saturated heterocycles. The molecule has 3 rings (SSSR count). The first-order valence-corrected chi connectivity index (χ1v) is 6.30. The molecule has 102 valence electrons. The van der Waals surface area contributed by atoms with E-state index in [4.69, 9.17) is 0 Å². The predicted octanol–water partition coefficient (Wildman–Crippen LogP) is 3.23. The Labute approximate surface area is 114 Å². The molecule has 1 aliphatic carbocycles. The number of nitro benzene ring substituents is 1. The van der Waals surface area contributed by atoms with E-state index in [1.807, 2.05) is 12.1 Å². The second-order valence-electron chi connectivity index (χ2n) is 4.67. The number of benzene rings is 1. The van der Waals surface area contributed by atoms with Gasteiger partial charge in [0.1, 0.15) is 5.69 Å². The van der Waals surface area contributed by atoms with Crippen molar-refractivity contribution < 1.29 is 9.31 Å². The molecule has 1 atom stereocenters. The van der Waals surface area contributed by atoms with Crippen molar-refractivity contribution in [3.63, 3.8) is 0 Å². The molecular weight excluding hydrogens is 261 g/mol. The molecule has 1 unspecified atom stereocenters. The largest absolute Gasteiger partial charge is 0.369 e. The van der Waals surface area contributed by atoms with Crippen LogP contribution < -0.4 is 5.32 Å². The molecule has 20 heavy (non-hydrogen) atoms. The van der Waals surface area contributed by atoms with Crippen LogP contribution in [0.2, 0.25) is 0 Å². The van der Waals surface area contributed by atoms with Gasteiger partial charge in [-0.2, -0.15) is 0 Å². The van der Waals surface area contributed by atoms with Gasteiger partial charge in [-0.1, -0.05) is 12.1 Å². The van der Waals surface area contributed by atoms with Crippen molar-refractivity contribution in [2.75, 3.05) is 5.32 Å². The molecule has 0 fully saturated rings. The number of fused-ring (bicyclic) bond motifs is 1. The second kappa shape index (κ2) is 4.88. The van der Waals surface area contributed by atoms with Crippen LogP contribution in [0.1, 0.15) is 23.7 Å². The van der Waals surface area contributed by atoms with Gasteiger partial charge in [-0.25, -0.2) is 4.39 Å². The molecule has 0 amide bonds. The maximum absolute atomic E-state index is 13.9. The number of pyridine rings is 1. The zero-order valence-electron chi connectivity index (χ0n) is 10.5. The van der Waals surface area contributed by atoms with Gasteiger partial charge in [-0.05, 0) is 30.5 Å². The first kappa shape index (κ1) is 12.5. The average Bonchev–Trinajstić information content (AvgIpc) is 2.84. The van der Waals surface area contributed by atoms with Crippen LogP contribution in [-0.4, -0.2) is 9.91 Å². The number of nitrogens with zero attached hydrogens (tertiary/aromatic N) is 2. The van der Waals surface area contributed by atoms with E-state index in [2.05, 4.69) is 10.3 Å². The number of nitrogens with one attached hydrogen (secondary N) is 1. The summed E-state index contributed by atoms with van der Waals surface area (Å²) in [5, 5.41) is 13.9. The first-order chi connectivity index (χ1) is 9.66. The summed E-state index contributed by atoms with van der Waals surface area (Å²) in [4.78, 5) is 14.7. The second-order valence-corrected chi connectivity index (χ2v) is 4.67. The fraction of sp³-hybridized carbons (Fsp3) is 0.214. The number of hydrogen-bond donors (Lipinski definition) is 1. The molecular formula is C14H12FN3O2. The van der Waals surface area contributed by atoms with E-state index in [9.17, 15) is 14.5 Å². The highest BCUT2D eigenvalue weighted by molar-refractivity contribution is 5.63. The minimum atomic E-state index is -0.622. The van der Waals surface area contributed by atoms with Gasteiger partial charge in [0.2, 0.25) is 0 Å². The van der Waals surface area contributed by atoms with Crippen LogP contribution in [0.25, 0.3) is 0 Å². The molecule has 1 aromatic carbocycles. The number of para-hydroxylation sites is 1. The van der Waals surface area contributed by atoms with Crippen molar-refractivity contribution in [3.8, 4) is 0 Å². The molecule has 1 N–H and O–H groups in total. The van der Waals surface area contributed by atoms with Crippen molar-refractivity contribution in [1.82, 2.24) is 4.98 Å². The molecule has 0 aliphatic heterocycles. The monoisotopic (exact) mass is 273 g/mol. The Kier molecular flexibility index (Phi) is 3.06. The van der Waals surface area contributed by atoms with E-state index in [0.29, 0.717) is 0 Å². The number of rotatable bonds is 3. The topological polar surface area (TPSA) is 68.1 Å². The Morgan fingerprint density at radius 3 is 3.00 bits per heavy atom. The van der Waals surface area contributed by atoms with Crippen LogP contribution in [0.5, 0.6) is 0 Å². The van der Waals surface area contributed by atoms with Crippen LogP contribution >= 0.6 is 0 Å². The van der Waals surface area contributed by atoms with E-state index in [1.165, 1.54) is 18.2 Å². The van der Waals surface area contributed by atoms with E-state index >= 15 is 0 Å². The van der Waals surface area contributed by atoms with Gasteiger partial charge < -0.3 is 5.32 Å². The highest BCUT2D eigenvalue weighted by Crippen LogP contribution is 2.36. The van der Waals surface area contributed by atoms with Crippen molar-refractivity contribution in [2.45, 2.75) is 18.9 Å². The van der Waals surface area contributed by atoms with E-state index in [0.717, 1.165) is 24.1 Å². The van der Waals surface area contributed by atoms with Gasteiger partial charge in [0.15, 0.2) is 5.82 Å². The van der Waals surface area contributed by atoms with Crippen molar-refractivity contribution in [2.24, 2.45) is 0 Å². The summed E-state index contributed by atoms with van der Waals surface area (Å²) < 4.78 is 13.9. The first-order valence-electron chi connectivity index (χ1n) is 6.30. The lowest BCUT2D eigenvalue weighted by molar-refractivity contribution is -0.384. The summed E-state index contributed by atoms with van der Waals surface area (Å²) in [6.07, 6.45) is 3.26. The van der Waals surface area contributed by atoms with Crippen LogP contribution in [-0.2, 0) is 6.42 Å². The Balaban J connectivity index is 1.95. The van der Waals surface area contributed by atoms with Crippen LogP contribution in [0.4, 0.5) is 15.8 Å². The third-order valence-electron chi connectivity index (χ3n) is 3.47. The normalized spacial score (nSPS) is 16.8. The zero-order valence-corrected chi connectivity index (χ0v) is 10.5. The summed E-state index contributed by atoms with van der Waals surface area (Å²) in [6, 6.07) is 7.47. The standard InChI is InChI=1S/C14H12FN3O2/c15-10-4-1-5-12(18(19)20)14(10)17-11-7-6-9-3-2-8-16-13(9)11/h1-5,8,11,17H,6-7H2. The van der Waals surface area contributed by atoms with Crippen molar-refractivity contribution in [1.29, 1.82) is 0 Å². The highest BCUT2D eigenvalue weighted by Gasteiger charge is 2.27. The molecule has 0 radical (unpaired) electrons. The minimum Gasteiger partial charge on any atom is -0.369 e. The zero-order chi connectivity index (χ0) is 14.1. The SMILES string of the molecule is O=[N+]([O-])c1cccc(F)c1NC1CCc2cccnc21.